The van der Waals surface area contributed by atoms with Gasteiger partial charge in [-0.1, -0.05) is 6.07 Å². The van der Waals surface area contributed by atoms with E-state index in [0.29, 0.717) is 17.0 Å². The fraction of sp³-hybridized carbons (Fsp3) is 0.150. The van der Waals surface area contributed by atoms with Crippen LogP contribution in [0.5, 0.6) is 0 Å². The molecule has 0 aromatic carbocycles. The number of pyridine rings is 1. The number of carbonyl (C=O) groups is 2. The van der Waals surface area contributed by atoms with Crippen LogP contribution in [-0.4, -0.2) is 21.4 Å². The number of nitrogens with one attached hydrogen (secondary N) is 1. The Morgan fingerprint density at radius 2 is 2.21 bits per heavy atom. The van der Waals surface area contributed by atoms with Crippen LogP contribution in [-0.2, 0) is 23.1 Å². The summed E-state index contributed by atoms with van der Waals surface area (Å²) in [4.78, 5) is 29.6. The van der Waals surface area contributed by atoms with E-state index in [1.165, 1.54) is 23.8 Å². The second kappa shape index (κ2) is 7.69. The van der Waals surface area contributed by atoms with E-state index in [4.69, 9.17) is 9.15 Å². The number of hydrogen-bond donors (Lipinski definition) is 1. The number of esters is 1. The Bertz CT molecular complexity index is 1100. The van der Waals surface area contributed by atoms with Gasteiger partial charge in [0.25, 0.3) is 5.91 Å². The topological polar surface area (TPSA) is 86.4 Å². The van der Waals surface area contributed by atoms with Crippen molar-refractivity contribution in [3.63, 3.8) is 0 Å². The highest BCUT2D eigenvalue weighted by Gasteiger charge is 2.27. The smallest absolute Gasteiger partial charge is 0.356 e. The predicted molar refractivity (Wildman–Crippen MR) is 104 cm³/mol. The van der Waals surface area contributed by atoms with Gasteiger partial charge in [0, 0.05) is 25.0 Å². The van der Waals surface area contributed by atoms with Crippen LogP contribution in [0.3, 0.4) is 0 Å². The molecular formula is C20H17N3O4S. The quantitative estimate of drug-likeness (QED) is 0.506. The number of thiophene rings is 1. The summed E-state index contributed by atoms with van der Waals surface area (Å²) in [5.74, 6) is -0.422. The van der Waals surface area contributed by atoms with E-state index in [1.807, 2.05) is 11.4 Å². The first-order valence-corrected chi connectivity index (χ1v) is 9.45. The Morgan fingerprint density at radius 3 is 2.93 bits per heavy atom. The molecule has 0 radical (unpaired) electrons. The number of hydrogen-bond acceptors (Lipinski definition) is 6. The molecule has 4 rings (SSSR count). The third-order valence-corrected chi connectivity index (χ3v) is 5.19. The van der Waals surface area contributed by atoms with Crippen molar-refractivity contribution in [2.75, 3.05) is 0 Å². The number of ether oxygens (including phenoxy) is 1. The largest absolute Gasteiger partial charge is 0.467 e. The zero-order valence-corrected chi connectivity index (χ0v) is 15.8. The van der Waals surface area contributed by atoms with Crippen molar-refractivity contribution < 1.29 is 18.7 Å². The third-order valence-electron chi connectivity index (χ3n) is 4.34. The highest BCUT2D eigenvalue weighted by Crippen LogP contribution is 2.26. The molecule has 0 fully saturated rings. The van der Waals surface area contributed by atoms with Gasteiger partial charge < -0.3 is 19.0 Å². The van der Waals surface area contributed by atoms with Gasteiger partial charge in [0.1, 0.15) is 11.5 Å². The zero-order chi connectivity index (χ0) is 19.5. The third kappa shape index (κ3) is 3.54. The summed E-state index contributed by atoms with van der Waals surface area (Å²) < 4.78 is 13.6. The van der Waals surface area contributed by atoms with Crippen molar-refractivity contribution in [2.45, 2.75) is 12.6 Å². The minimum absolute atomic E-state index is 0.194. The van der Waals surface area contributed by atoms with Crippen LogP contribution in [0.4, 0.5) is 0 Å². The van der Waals surface area contributed by atoms with Crippen molar-refractivity contribution in [1.82, 2.24) is 14.9 Å². The van der Waals surface area contributed by atoms with Gasteiger partial charge in [-0.3, -0.25) is 9.78 Å². The van der Waals surface area contributed by atoms with Crippen LogP contribution in [0.25, 0.3) is 10.2 Å². The van der Waals surface area contributed by atoms with Crippen LogP contribution in [0, 0.1) is 0 Å². The molecule has 0 bridgehead atoms. The molecule has 1 N–H and O–H groups in total. The van der Waals surface area contributed by atoms with Crippen molar-refractivity contribution in [1.29, 1.82) is 0 Å². The van der Waals surface area contributed by atoms with E-state index in [0.717, 1.165) is 10.2 Å². The van der Waals surface area contributed by atoms with Gasteiger partial charge in [0.05, 0.1) is 23.0 Å². The molecule has 0 spiro atoms. The van der Waals surface area contributed by atoms with Gasteiger partial charge in [-0.15, -0.1) is 11.3 Å². The molecule has 0 saturated carbocycles. The summed E-state index contributed by atoms with van der Waals surface area (Å²) >= 11 is 1.54. The summed E-state index contributed by atoms with van der Waals surface area (Å²) in [7, 11) is 1.79. The first-order valence-electron chi connectivity index (χ1n) is 8.57. The molecule has 4 heterocycles. The number of furan rings is 1. The highest BCUT2D eigenvalue weighted by atomic mass is 32.1. The Morgan fingerprint density at radius 1 is 1.32 bits per heavy atom. The molecule has 142 valence electrons. The van der Waals surface area contributed by atoms with E-state index in [9.17, 15) is 9.59 Å². The summed E-state index contributed by atoms with van der Waals surface area (Å²) in [5, 5.41) is 4.69. The maximum absolute atomic E-state index is 12.8. The van der Waals surface area contributed by atoms with E-state index in [1.54, 1.807) is 48.1 Å². The first kappa shape index (κ1) is 18.0. The number of rotatable bonds is 6. The Hall–Kier alpha value is -3.39. The summed E-state index contributed by atoms with van der Waals surface area (Å²) in [6.45, 7) is 0.194. The number of fused-ring (bicyclic) bond motifs is 1. The monoisotopic (exact) mass is 395 g/mol. The van der Waals surface area contributed by atoms with Gasteiger partial charge in [0.15, 0.2) is 0 Å². The summed E-state index contributed by atoms with van der Waals surface area (Å²) in [6, 6.07) is 10.6. The highest BCUT2D eigenvalue weighted by molar-refractivity contribution is 7.17. The molecule has 0 aliphatic heterocycles. The maximum Gasteiger partial charge on any atom is 0.356 e. The number of aryl methyl sites for hydroxylation is 1. The van der Waals surface area contributed by atoms with Gasteiger partial charge in [0.2, 0.25) is 6.10 Å². The second-order valence-corrected chi connectivity index (χ2v) is 7.08. The Labute approximate surface area is 164 Å². The van der Waals surface area contributed by atoms with Crippen LogP contribution < -0.4 is 5.32 Å². The molecule has 1 atom stereocenters. The molecule has 0 unspecified atom stereocenters. The molecule has 0 saturated heterocycles. The normalized spacial score (nSPS) is 12.0. The minimum Gasteiger partial charge on any atom is -0.467 e. The number of amides is 1. The lowest BCUT2D eigenvalue weighted by molar-refractivity contribution is -0.130. The van der Waals surface area contributed by atoms with Crippen LogP contribution in [0.2, 0.25) is 0 Å². The van der Waals surface area contributed by atoms with Crippen LogP contribution in [0.15, 0.2) is 64.9 Å². The van der Waals surface area contributed by atoms with E-state index >= 15 is 0 Å². The average Bonchev–Trinajstić information content (AvgIpc) is 3.44. The fourth-order valence-electron chi connectivity index (χ4n) is 2.90. The molecule has 4 aromatic rings. The SMILES string of the molecule is Cn1c(C(=O)O[C@H](C(=O)NCc2ccco2)c2cccnc2)cc2sccc21. The number of carbonyl (C=O) groups excluding carboxylic acids is 2. The molecular weight excluding hydrogens is 378 g/mol. The second-order valence-electron chi connectivity index (χ2n) is 6.13. The van der Waals surface area contributed by atoms with Crippen LogP contribution in [0.1, 0.15) is 27.9 Å². The van der Waals surface area contributed by atoms with E-state index in [-0.39, 0.29) is 6.54 Å². The lowest BCUT2D eigenvalue weighted by atomic mass is 10.1. The van der Waals surface area contributed by atoms with E-state index in [2.05, 4.69) is 10.3 Å². The predicted octanol–water partition coefficient (Wildman–Crippen LogP) is 3.44. The van der Waals surface area contributed by atoms with Gasteiger partial charge in [-0.2, -0.15) is 0 Å². The lowest BCUT2D eigenvalue weighted by Gasteiger charge is -2.17. The lowest BCUT2D eigenvalue weighted by Crippen LogP contribution is -2.32. The first-order chi connectivity index (χ1) is 13.6. The van der Waals surface area contributed by atoms with Crippen molar-refractivity contribution in [3.05, 3.63) is 77.5 Å². The number of nitrogens with zero attached hydrogens (tertiary/aromatic N) is 2. The Kier molecular flexibility index (Phi) is 4.94. The molecule has 0 aliphatic carbocycles. The van der Waals surface area contributed by atoms with Crippen LogP contribution >= 0.6 is 11.3 Å². The molecule has 4 aromatic heterocycles. The van der Waals surface area contributed by atoms with Crippen molar-refractivity contribution >= 4 is 33.4 Å². The molecule has 1 amide bonds. The zero-order valence-electron chi connectivity index (χ0n) is 15.0. The standard InChI is InChI=1S/C20H17N3O4S/c1-23-15-6-9-28-17(15)10-16(23)20(25)27-18(13-4-2-7-21-11-13)19(24)22-12-14-5-3-8-26-14/h2-11,18H,12H2,1H3,(H,22,24)/t18-/m0/s1. The fourth-order valence-corrected chi connectivity index (χ4v) is 3.75. The van der Waals surface area contributed by atoms with Gasteiger partial charge in [-0.05, 0) is 35.7 Å². The molecule has 28 heavy (non-hydrogen) atoms. The summed E-state index contributed by atoms with van der Waals surface area (Å²) in [6.07, 6.45) is 3.51. The minimum atomic E-state index is -1.12. The van der Waals surface area contributed by atoms with Crippen molar-refractivity contribution in [3.8, 4) is 0 Å². The summed E-state index contributed by atoms with van der Waals surface area (Å²) in [5.41, 5.74) is 1.82. The van der Waals surface area contributed by atoms with Crippen molar-refractivity contribution in [2.24, 2.45) is 7.05 Å². The number of aromatic nitrogens is 2. The van der Waals surface area contributed by atoms with Gasteiger partial charge >= 0.3 is 5.97 Å². The molecule has 7 nitrogen and oxygen atoms in total. The Balaban J connectivity index is 1.56. The average molecular weight is 395 g/mol. The van der Waals surface area contributed by atoms with Gasteiger partial charge in [-0.25, -0.2) is 4.79 Å². The molecule has 8 heteroatoms. The van der Waals surface area contributed by atoms with E-state index < -0.39 is 18.0 Å². The maximum atomic E-state index is 12.8. The molecule has 0 aliphatic rings.